The molecule has 15 heavy (non-hydrogen) atoms. The molecule has 0 amide bonds. The number of halogens is 1. The molecule has 0 radical (unpaired) electrons. The highest BCUT2D eigenvalue weighted by atomic mass is 35.5. The summed E-state index contributed by atoms with van der Waals surface area (Å²) >= 11 is 6.19. The van der Waals surface area contributed by atoms with Gasteiger partial charge in [-0.25, -0.2) is 0 Å². The molecule has 0 heterocycles. The monoisotopic (exact) mass is 224 g/mol. The normalized spacial score (nSPS) is 20.2. The van der Waals surface area contributed by atoms with Gasteiger partial charge in [-0.05, 0) is 31.4 Å². The van der Waals surface area contributed by atoms with Gasteiger partial charge in [-0.1, -0.05) is 43.0 Å². The van der Waals surface area contributed by atoms with Gasteiger partial charge in [0.2, 0.25) is 0 Å². The van der Waals surface area contributed by atoms with Gasteiger partial charge >= 0.3 is 0 Å². The molecule has 1 saturated carbocycles. The largest absolute Gasteiger partial charge is 0.385 e. The number of hydrogen-bond acceptors (Lipinski definition) is 1. The van der Waals surface area contributed by atoms with E-state index in [1.54, 1.807) is 0 Å². The summed E-state index contributed by atoms with van der Waals surface area (Å²) in [6.07, 6.45) is 5.11. The van der Waals surface area contributed by atoms with E-state index in [1.807, 2.05) is 25.1 Å². The summed E-state index contributed by atoms with van der Waals surface area (Å²) in [4.78, 5) is 0. The summed E-state index contributed by atoms with van der Waals surface area (Å²) in [6.45, 7) is 2.01. The van der Waals surface area contributed by atoms with E-state index in [-0.39, 0.29) is 0 Å². The van der Waals surface area contributed by atoms with Crippen molar-refractivity contribution < 1.29 is 5.11 Å². The molecule has 0 saturated heterocycles. The molecule has 2 heteroatoms. The summed E-state index contributed by atoms with van der Waals surface area (Å²) < 4.78 is 0. The Morgan fingerprint density at radius 1 is 1.20 bits per heavy atom. The molecule has 1 aliphatic carbocycles. The van der Waals surface area contributed by atoms with Crippen LogP contribution in [-0.4, -0.2) is 5.11 Å². The van der Waals surface area contributed by atoms with Crippen molar-refractivity contribution in [2.75, 3.05) is 0 Å². The molecule has 1 N–H and O–H groups in total. The van der Waals surface area contributed by atoms with Gasteiger partial charge in [-0.2, -0.15) is 0 Å². The summed E-state index contributed by atoms with van der Waals surface area (Å²) in [5.41, 5.74) is 1.38. The van der Waals surface area contributed by atoms with Gasteiger partial charge in [0.1, 0.15) is 0 Å². The van der Waals surface area contributed by atoms with Crippen molar-refractivity contribution in [1.82, 2.24) is 0 Å². The highest BCUT2D eigenvalue weighted by molar-refractivity contribution is 6.31. The molecule has 1 nitrogen and oxygen atoms in total. The van der Waals surface area contributed by atoms with E-state index >= 15 is 0 Å². The predicted molar refractivity (Wildman–Crippen MR) is 63.2 cm³/mol. The van der Waals surface area contributed by atoms with Crippen LogP contribution < -0.4 is 0 Å². The van der Waals surface area contributed by atoms with Crippen LogP contribution in [0.4, 0.5) is 0 Å². The van der Waals surface area contributed by atoms with E-state index in [0.29, 0.717) is 5.02 Å². The van der Waals surface area contributed by atoms with E-state index in [1.165, 1.54) is 6.42 Å². The Balaban J connectivity index is 2.35. The Labute approximate surface area is 96.1 Å². The third-order valence-electron chi connectivity index (χ3n) is 3.31. The summed E-state index contributed by atoms with van der Waals surface area (Å²) in [6, 6.07) is 5.93. The van der Waals surface area contributed by atoms with Crippen LogP contribution in [0.15, 0.2) is 18.2 Å². The number of aryl methyl sites for hydroxylation is 1. The molecule has 1 aromatic carbocycles. The van der Waals surface area contributed by atoms with Crippen molar-refractivity contribution in [2.45, 2.75) is 44.6 Å². The molecule has 0 aliphatic heterocycles. The topological polar surface area (TPSA) is 20.2 Å². The van der Waals surface area contributed by atoms with Gasteiger partial charge in [0.05, 0.1) is 5.60 Å². The minimum atomic E-state index is -0.678. The second-order valence-corrected chi connectivity index (χ2v) is 4.98. The van der Waals surface area contributed by atoms with E-state index in [4.69, 9.17) is 11.6 Å². The van der Waals surface area contributed by atoms with E-state index in [2.05, 4.69) is 0 Å². The molecular weight excluding hydrogens is 208 g/mol. The summed E-state index contributed by atoms with van der Waals surface area (Å²) in [5, 5.41) is 11.2. The predicted octanol–water partition coefficient (Wildman–Crippen LogP) is 3.80. The quantitative estimate of drug-likeness (QED) is 0.770. The minimum Gasteiger partial charge on any atom is -0.385 e. The SMILES string of the molecule is Cc1ccc(C2(O)CCCCC2)c(Cl)c1. The molecular formula is C13H17ClO. The molecule has 0 spiro atoms. The van der Waals surface area contributed by atoms with Gasteiger partial charge in [0, 0.05) is 10.6 Å². The number of aliphatic hydroxyl groups is 1. The number of rotatable bonds is 1. The fourth-order valence-corrected chi connectivity index (χ4v) is 2.81. The molecule has 82 valence electrons. The molecule has 1 aromatic rings. The molecule has 0 bridgehead atoms. The van der Waals surface area contributed by atoms with E-state index in [0.717, 1.165) is 36.8 Å². The van der Waals surface area contributed by atoms with Crippen LogP contribution in [0.5, 0.6) is 0 Å². The first-order chi connectivity index (χ1) is 7.12. The lowest BCUT2D eigenvalue weighted by molar-refractivity contribution is -0.000529. The Morgan fingerprint density at radius 2 is 1.87 bits per heavy atom. The lowest BCUT2D eigenvalue weighted by Gasteiger charge is -2.33. The summed E-state index contributed by atoms with van der Waals surface area (Å²) in [7, 11) is 0. The highest BCUT2D eigenvalue weighted by Gasteiger charge is 2.32. The maximum atomic E-state index is 10.5. The molecule has 2 rings (SSSR count). The van der Waals surface area contributed by atoms with Crippen molar-refractivity contribution in [1.29, 1.82) is 0 Å². The van der Waals surface area contributed by atoms with E-state index in [9.17, 15) is 5.11 Å². The third kappa shape index (κ3) is 2.19. The Morgan fingerprint density at radius 3 is 2.47 bits per heavy atom. The van der Waals surface area contributed by atoms with Crippen molar-refractivity contribution in [3.05, 3.63) is 34.3 Å². The van der Waals surface area contributed by atoms with Crippen LogP contribution in [-0.2, 0) is 5.60 Å². The van der Waals surface area contributed by atoms with Crippen molar-refractivity contribution in [2.24, 2.45) is 0 Å². The lowest BCUT2D eigenvalue weighted by Crippen LogP contribution is -2.28. The van der Waals surface area contributed by atoms with Gasteiger partial charge in [-0.3, -0.25) is 0 Å². The summed E-state index contributed by atoms with van der Waals surface area (Å²) in [5.74, 6) is 0. The highest BCUT2D eigenvalue weighted by Crippen LogP contribution is 2.40. The second-order valence-electron chi connectivity index (χ2n) is 4.58. The Hall–Kier alpha value is -0.530. The number of hydrogen-bond donors (Lipinski definition) is 1. The fourth-order valence-electron chi connectivity index (χ4n) is 2.40. The van der Waals surface area contributed by atoms with Gasteiger partial charge in [-0.15, -0.1) is 0 Å². The maximum Gasteiger partial charge on any atom is 0.0910 e. The van der Waals surface area contributed by atoms with Gasteiger partial charge in [0.25, 0.3) is 0 Å². The number of benzene rings is 1. The van der Waals surface area contributed by atoms with E-state index < -0.39 is 5.60 Å². The Kier molecular flexibility index (Phi) is 3.03. The van der Waals surface area contributed by atoms with Crippen LogP contribution in [0.1, 0.15) is 43.2 Å². The smallest absolute Gasteiger partial charge is 0.0910 e. The molecule has 0 unspecified atom stereocenters. The fraction of sp³-hybridized carbons (Fsp3) is 0.538. The van der Waals surface area contributed by atoms with Crippen molar-refractivity contribution >= 4 is 11.6 Å². The van der Waals surface area contributed by atoms with Crippen molar-refractivity contribution in [3.8, 4) is 0 Å². The second kappa shape index (κ2) is 4.15. The zero-order chi connectivity index (χ0) is 10.9. The Bertz CT molecular complexity index is 354. The average molecular weight is 225 g/mol. The third-order valence-corrected chi connectivity index (χ3v) is 3.62. The average Bonchev–Trinajstić information content (AvgIpc) is 2.18. The van der Waals surface area contributed by atoms with Crippen LogP contribution in [0.3, 0.4) is 0 Å². The molecule has 0 atom stereocenters. The zero-order valence-electron chi connectivity index (χ0n) is 9.09. The standard InChI is InChI=1S/C13H17ClO/c1-10-5-6-11(12(14)9-10)13(15)7-3-2-4-8-13/h5-6,9,15H,2-4,7-8H2,1H3. The first kappa shape index (κ1) is 11.0. The zero-order valence-corrected chi connectivity index (χ0v) is 9.85. The van der Waals surface area contributed by atoms with Crippen LogP contribution >= 0.6 is 11.6 Å². The lowest BCUT2D eigenvalue weighted by atomic mass is 9.79. The van der Waals surface area contributed by atoms with Crippen LogP contribution in [0.2, 0.25) is 5.02 Å². The molecule has 1 fully saturated rings. The molecule has 0 aromatic heterocycles. The first-order valence-corrected chi connectivity index (χ1v) is 5.99. The van der Waals surface area contributed by atoms with Crippen molar-refractivity contribution in [3.63, 3.8) is 0 Å². The van der Waals surface area contributed by atoms with Gasteiger partial charge in [0.15, 0.2) is 0 Å². The minimum absolute atomic E-state index is 0.678. The van der Waals surface area contributed by atoms with Crippen LogP contribution in [0.25, 0.3) is 0 Å². The maximum absolute atomic E-state index is 10.5. The van der Waals surface area contributed by atoms with Gasteiger partial charge < -0.3 is 5.11 Å². The van der Waals surface area contributed by atoms with Crippen LogP contribution in [0, 0.1) is 6.92 Å². The molecule has 1 aliphatic rings. The first-order valence-electron chi connectivity index (χ1n) is 5.61.